The van der Waals surface area contributed by atoms with Gasteiger partial charge in [-0.05, 0) is 58.2 Å². The number of pyridine rings is 1. The van der Waals surface area contributed by atoms with Gasteiger partial charge in [-0.1, -0.05) is 0 Å². The maximum absolute atomic E-state index is 13.8. The lowest BCUT2D eigenvalue weighted by atomic mass is 10.1. The number of nitrogens with two attached hydrogens (primary N) is 1. The van der Waals surface area contributed by atoms with E-state index in [2.05, 4.69) is 25.3 Å². The fraction of sp³-hybridized carbons (Fsp3) is 0.522. The molecule has 0 bridgehead atoms. The summed E-state index contributed by atoms with van der Waals surface area (Å²) >= 11 is 0. The molecule has 1 fully saturated rings. The number of nitrogens with zero attached hydrogens (tertiary/aromatic N) is 6. The number of alkyl halides is 3. The van der Waals surface area contributed by atoms with Crippen LogP contribution in [0.1, 0.15) is 23.2 Å². The number of hydrogen-bond acceptors (Lipinski definition) is 8. The zero-order valence-electron chi connectivity index (χ0n) is 20.2. The molecule has 1 aliphatic rings. The number of ether oxygens (including phenoxy) is 1. The first kappa shape index (κ1) is 25.1. The molecule has 3 aromatic rings. The summed E-state index contributed by atoms with van der Waals surface area (Å²) in [5.41, 5.74) is 7.05. The third-order valence-corrected chi connectivity index (χ3v) is 6.01. The van der Waals surface area contributed by atoms with E-state index in [9.17, 15) is 13.2 Å². The number of hydrogen-bond donors (Lipinski definition) is 2. The molecule has 0 spiro atoms. The molecule has 0 radical (unpaired) electrons. The van der Waals surface area contributed by atoms with Crippen molar-refractivity contribution >= 4 is 17.2 Å². The second kappa shape index (κ2) is 10.3. The monoisotopic (exact) mass is 492 g/mol. The Morgan fingerprint density at radius 2 is 1.94 bits per heavy atom. The Morgan fingerprint density at radius 3 is 2.63 bits per heavy atom. The van der Waals surface area contributed by atoms with Crippen molar-refractivity contribution in [2.45, 2.75) is 26.1 Å². The van der Waals surface area contributed by atoms with Gasteiger partial charge in [-0.15, -0.1) is 5.10 Å². The van der Waals surface area contributed by atoms with Crippen molar-refractivity contribution in [2.75, 3.05) is 64.1 Å². The topological polar surface area (TPSA) is 96.8 Å². The highest BCUT2D eigenvalue weighted by Crippen LogP contribution is 2.37. The van der Waals surface area contributed by atoms with E-state index in [1.54, 1.807) is 4.52 Å². The van der Waals surface area contributed by atoms with Crippen LogP contribution in [0.4, 0.5) is 24.8 Å². The average molecular weight is 493 g/mol. The summed E-state index contributed by atoms with van der Waals surface area (Å²) < 4.78 is 48.7. The molecule has 35 heavy (non-hydrogen) atoms. The van der Waals surface area contributed by atoms with Gasteiger partial charge in [-0.2, -0.15) is 13.2 Å². The lowest BCUT2D eigenvalue weighted by Gasteiger charge is -2.28. The standard InChI is InChI=1S/C23H31F3N8O/c1-15-16(13-28-5-4-6-32(2)3)11-19-22(33-7-9-35-10-8-33)30-21(31-34(15)19)17-14-29-20(27)12-18(17)23(24,25)26/h11-12,14,28H,4-10,13H2,1-3H3,(H2,27,29). The number of fused-ring (bicyclic) bond motifs is 1. The molecule has 12 heteroatoms. The van der Waals surface area contributed by atoms with Gasteiger partial charge in [0, 0.05) is 31.5 Å². The van der Waals surface area contributed by atoms with Crippen molar-refractivity contribution < 1.29 is 17.9 Å². The molecule has 1 aliphatic heterocycles. The molecule has 0 saturated carbocycles. The summed E-state index contributed by atoms with van der Waals surface area (Å²) in [6.45, 7) is 6.57. The van der Waals surface area contributed by atoms with Crippen LogP contribution >= 0.6 is 0 Å². The van der Waals surface area contributed by atoms with Crippen LogP contribution in [0.3, 0.4) is 0 Å². The van der Waals surface area contributed by atoms with Gasteiger partial charge < -0.3 is 25.6 Å². The molecule has 190 valence electrons. The Morgan fingerprint density at radius 1 is 1.20 bits per heavy atom. The molecule has 9 nitrogen and oxygen atoms in total. The van der Waals surface area contributed by atoms with Gasteiger partial charge in [0.05, 0.1) is 24.3 Å². The highest BCUT2D eigenvalue weighted by molar-refractivity contribution is 5.74. The first-order chi connectivity index (χ1) is 16.6. The number of rotatable bonds is 8. The highest BCUT2D eigenvalue weighted by atomic mass is 19.4. The van der Waals surface area contributed by atoms with Crippen LogP contribution in [0.25, 0.3) is 16.9 Å². The summed E-state index contributed by atoms with van der Waals surface area (Å²) in [4.78, 5) is 12.7. The molecule has 0 unspecified atom stereocenters. The summed E-state index contributed by atoms with van der Waals surface area (Å²) in [6, 6.07) is 2.83. The number of halogens is 3. The molecule has 0 amide bonds. The Labute approximate surface area is 202 Å². The lowest BCUT2D eigenvalue weighted by Crippen LogP contribution is -2.37. The summed E-state index contributed by atoms with van der Waals surface area (Å²) in [5.74, 6) is 0.309. The van der Waals surface area contributed by atoms with E-state index < -0.39 is 11.7 Å². The highest BCUT2D eigenvalue weighted by Gasteiger charge is 2.35. The number of aromatic nitrogens is 4. The van der Waals surface area contributed by atoms with Gasteiger partial charge in [0.15, 0.2) is 11.6 Å². The minimum absolute atomic E-state index is 0.0528. The van der Waals surface area contributed by atoms with Crippen molar-refractivity contribution in [3.63, 3.8) is 0 Å². The van der Waals surface area contributed by atoms with Crippen LogP contribution in [-0.4, -0.2) is 78.0 Å². The van der Waals surface area contributed by atoms with Gasteiger partial charge in [-0.3, -0.25) is 0 Å². The molecule has 4 rings (SSSR count). The maximum Gasteiger partial charge on any atom is 0.417 e. The zero-order valence-corrected chi connectivity index (χ0v) is 20.2. The number of nitrogens with one attached hydrogen (secondary N) is 1. The van der Waals surface area contributed by atoms with Crippen molar-refractivity contribution in [2.24, 2.45) is 0 Å². The Kier molecular flexibility index (Phi) is 7.43. The smallest absolute Gasteiger partial charge is 0.384 e. The molecule has 0 aromatic carbocycles. The van der Waals surface area contributed by atoms with E-state index in [1.807, 2.05) is 32.0 Å². The van der Waals surface area contributed by atoms with Crippen molar-refractivity contribution in [3.05, 3.63) is 35.2 Å². The van der Waals surface area contributed by atoms with Crippen molar-refractivity contribution in [1.29, 1.82) is 0 Å². The Bertz CT molecular complexity index is 1170. The van der Waals surface area contributed by atoms with Gasteiger partial charge >= 0.3 is 6.18 Å². The van der Waals surface area contributed by atoms with E-state index in [0.717, 1.165) is 48.5 Å². The van der Waals surface area contributed by atoms with E-state index >= 15 is 0 Å². The van der Waals surface area contributed by atoms with Crippen LogP contribution in [-0.2, 0) is 17.5 Å². The first-order valence-electron chi connectivity index (χ1n) is 11.6. The summed E-state index contributed by atoms with van der Waals surface area (Å²) in [5, 5.41) is 7.97. The van der Waals surface area contributed by atoms with Crippen LogP contribution in [0.2, 0.25) is 0 Å². The Hall–Kier alpha value is -2.96. The van der Waals surface area contributed by atoms with Gasteiger partial charge in [0.25, 0.3) is 0 Å². The van der Waals surface area contributed by atoms with Crippen LogP contribution in [0, 0.1) is 6.92 Å². The zero-order chi connectivity index (χ0) is 25.2. The quantitative estimate of drug-likeness (QED) is 0.464. The Balaban J connectivity index is 1.77. The molecule has 3 aromatic heterocycles. The van der Waals surface area contributed by atoms with E-state index in [0.29, 0.717) is 38.7 Å². The molecule has 4 heterocycles. The average Bonchev–Trinajstić information content (AvgIpc) is 3.13. The fourth-order valence-electron chi connectivity index (χ4n) is 4.14. The second-order valence-electron chi connectivity index (χ2n) is 8.90. The predicted octanol–water partition coefficient (Wildman–Crippen LogP) is 2.58. The largest absolute Gasteiger partial charge is 0.417 e. The molecule has 0 aliphatic carbocycles. The van der Waals surface area contributed by atoms with E-state index in [-0.39, 0.29) is 17.2 Å². The number of nitrogen functional groups attached to an aromatic ring is 1. The summed E-state index contributed by atoms with van der Waals surface area (Å²) in [6.07, 6.45) is -2.53. The maximum atomic E-state index is 13.8. The normalized spacial score (nSPS) is 14.9. The number of anilines is 2. The van der Waals surface area contributed by atoms with Gasteiger partial charge in [-0.25, -0.2) is 14.5 Å². The molecule has 3 N–H and O–H groups in total. The fourth-order valence-corrected chi connectivity index (χ4v) is 4.14. The number of morpholine rings is 1. The van der Waals surface area contributed by atoms with Crippen LogP contribution in [0.15, 0.2) is 18.3 Å². The van der Waals surface area contributed by atoms with E-state index in [4.69, 9.17) is 10.5 Å². The minimum atomic E-state index is -4.63. The van der Waals surface area contributed by atoms with E-state index in [1.165, 1.54) is 0 Å². The minimum Gasteiger partial charge on any atom is -0.384 e. The van der Waals surface area contributed by atoms with Crippen molar-refractivity contribution in [3.8, 4) is 11.4 Å². The molecule has 1 saturated heterocycles. The van der Waals surface area contributed by atoms with Gasteiger partial charge in [0.1, 0.15) is 11.3 Å². The lowest BCUT2D eigenvalue weighted by molar-refractivity contribution is -0.137. The summed E-state index contributed by atoms with van der Waals surface area (Å²) in [7, 11) is 4.07. The SMILES string of the molecule is Cc1c(CNCCCN(C)C)cc2c(N3CCOCC3)nc(-c3cnc(N)cc3C(F)(F)F)nn12. The van der Waals surface area contributed by atoms with Gasteiger partial charge in [0.2, 0.25) is 0 Å². The number of aryl methyl sites for hydroxylation is 1. The molecular weight excluding hydrogens is 461 g/mol. The third-order valence-electron chi connectivity index (χ3n) is 6.01. The van der Waals surface area contributed by atoms with Crippen molar-refractivity contribution in [1.82, 2.24) is 29.8 Å². The third kappa shape index (κ3) is 5.65. The molecular formula is C23H31F3N8O. The van der Waals surface area contributed by atoms with Crippen LogP contribution in [0.5, 0.6) is 0 Å². The predicted molar refractivity (Wildman–Crippen MR) is 128 cm³/mol. The van der Waals surface area contributed by atoms with Crippen LogP contribution < -0.4 is 16.0 Å². The second-order valence-corrected chi connectivity index (χ2v) is 8.90. The molecule has 0 atom stereocenters. The first-order valence-corrected chi connectivity index (χ1v) is 11.6.